The van der Waals surface area contributed by atoms with Crippen molar-refractivity contribution in [1.29, 1.82) is 0 Å². The van der Waals surface area contributed by atoms with E-state index in [9.17, 15) is 8.42 Å². The quantitative estimate of drug-likeness (QED) is 0.854. The number of rotatable bonds is 6. The van der Waals surface area contributed by atoms with Crippen LogP contribution in [0.3, 0.4) is 0 Å². The van der Waals surface area contributed by atoms with Gasteiger partial charge >= 0.3 is 0 Å². The molecule has 0 spiro atoms. The average Bonchev–Trinajstić information content (AvgIpc) is 2.30. The fourth-order valence-electron chi connectivity index (χ4n) is 1.58. The van der Waals surface area contributed by atoms with Crippen LogP contribution in [0.1, 0.15) is 25.0 Å². The topological polar surface area (TPSA) is 69.4 Å². The summed E-state index contributed by atoms with van der Waals surface area (Å²) in [5.74, 6) is 0.738. The second-order valence-corrected chi connectivity index (χ2v) is 7.21. The van der Waals surface area contributed by atoms with E-state index in [-0.39, 0.29) is 17.6 Å². The number of sulfone groups is 1. The third kappa shape index (κ3) is 3.71. The van der Waals surface area contributed by atoms with Crippen molar-refractivity contribution in [2.24, 2.45) is 5.73 Å². The number of para-hydroxylation sites is 1. The van der Waals surface area contributed by atoms with Crippen LogP contribution in [0.4, 0.5) is 0 Å². The first-order chi connectivity index (χ1) is 8.38. The third-order valence-corrected chi connectivity index (χ3v) is 5.02. The summed E-state index contributed by atoms with van der Waals surface area (Å²) >= 11 is 0. The molecule has 0 bridgehead atoms. The molecule has 0 radical (unpaired) electrons. The highest BCUT2D eigenvalue weighted by Crippen LogP contribution is 2.22. The van der Waals surface area contributed by atoms with Gasteiger partial charge in [0.1, 0.15) is 12.4 Å². The van der Waals surface area contributed by atoms with E-state index in [0.717, 1.165) is 11.1 Å². The molecular formula is C13H21NO3S. The van der Waals surface area contributed by atoms with Crippen LogP contribution in [0.25, 0.3) is 0 Å². The molecule has 0 aliphatic rings. The first-order valence-electron chi connectivity index (χ1n) is 6.01. The largest absolute Gasteiger partial charge is 0.492 e. The molecule has 0 heterocycles. The molecule has 0 amide bonds. The first-order valence-corrected chi connectivity index (χ1v) is 7.73. The number of aryl methyl sites for hydroxylation is 1. The van der Waals surface area contributed by atoms with Crippen LogP contribution in [0.5, 0.6) is 5.75 Å². The van der Waals surface area contributed by atoms with Crippen LogP contribution >= 0.6 is 0 Å². The van der Waals surface area contributed by atoms with Gasteiger partial charge in [0.2, 0.25) is 0 Å². The molecule has 102 valence electrons. The molecule has 4 nitrogen and oxygen atoms in total. The fourth-order valence-corrected chi connectivity index (χ4v) is 2.36. The van der Waals surface area contributed by atoms with Gasteiger partial charge in [-0.3, -0.25) is 0 Å². The maximum absolute atomic E-state index is 11.7. The molecular weight excluding hydrogens is 250 g/mol. The number of nitrogens with two attached hydrogens (primary N) is 1. The predicted molar refractivity (Wildman–Crippen MR) is 73.5 cm³/mol. The lowest BCUT2D eigenvalue weighted by Crippen LogP contribution is -2.22. The monoisotopic (exact) mass is 271 g/mol. The summed E-state index contributed by atoms with van der Waals surface area (Å²) in [4.78, 5) is 0. The van der Waals surface area contributed by atoms with Gasteiger partial charge in [0, 0.05) is 12.1 Å². The summed E-state index contributed by atoms with van der Waals surface area (Å²) in [5.41, 5.74) is 7.50. The Balaban J connectivity index is 2.70. The molecule has 1 aromatic rings. The highest BCUT2D eigenvalue weighted by atomic mass is 32.2. The Morgan fingerprint density at radius 3 is 2.56 bits per heavy atom. The SMILES string of the molecule is Cc1cccc(CN)c1OCCS(=O)(=O)C(C)C. The Labute approximate surface area is 109 Å². The van der Waals surface area contributed by atoms with Crippen molar-refractivity contribution >= 4 is 9.84 Å². The summed E-state index contributed by atoms with van der Waals surface area (Å²) < 4.78 is 28.9. The second-order valence-electron chi connectivity index (χ2n) is 4.53. The zero-order valence-corrected chi connectivity index (χ0v) is 12.0. The average molecular weight is 271 g/mol. The molecule has 1 aromatic carbocycles. The number of hydrogen-bond donors (Lipinski definition) is 1. The predicted octanol–water partition coefficient (Wildman–Crippen LogP) is 1.66. The molecule has 0 aliphatic heterocycles. The highest BCUT2D eigenvalue weighted by molar-refractivity contribution is 7.91. The molecule has 0 atom stereocenters. The van der Waals surface area contributed by atoms with Crippen molar-refractivity contribution in [2.75, 3.05) is 12.4 Å². The van der Waals surface area contributed by atoms with E-state index in [1.54, 1.807) is 13.8 Å². The summed E-state index contributed by atoms with van der Waals surface area (Å²) in [6.45, 7) is 5.82. The molecule has 0 aromatic heterocycles. The van der Waals surface area contributed by atoms with Crippen molar-refractivity contribution in [1.82, 2.24) is 0 Å². The van der Waals surface area contributed by atoms with Crippen molar-refractivity contribution < 1.29 is 13.2 Å². The second kappa shape index (κ2) is 6.20. The van der Waals surface area contributed by atoms with E-state index < -0.39 is 9.84 Å². The van der Waals surface area contributed by atoms with Gasteiger partial charge in [-0.15, -0.1) is 0 Å². The minimum Gasteiger partial charge on any atom is -0.492 e. The Bertz CT molecular complexity index is 495. The van der Waals surface area contributed by atoms with Crippen LogP contribution in [0, 0.1) is 6.92 Å². The highest BCUT2D eigenvalue weighted by Gasteiger charge is 2.16. The molecule has 0 aliphatic carbocycles. The maximum atomic E-state index is 11.7. The number of hydrogen-bond acceptors (Lipinski definition) is 4. The van der Waals surface area contributed by atoms with Gasteiger partial charge in [-0.1, -0.05) is 18.2 Å². The van der Waals surface area contributed by atoms with E-state index in [1.165, 1.54) is 0 Å². The van der Waals surface area contributed by atoms with Crippen molar-refractivity contribution in [3.05, 3.63) is 29.3 Å². The smallest absolute Gasteiger partial charge is 0.155 e. The van der Waals surface area contributed by atoms with Crippen LogP contribution in [-0.2, 0) is 16.4 Å². The van der Waals surface area contributed by atoms with Crippen molar-refractivity contribution in [2.45, 2.75) is 32.6 Å². The number of ether oxygens (including phenoxy) is 1. The molecule has 1 rings (SSSR count). The van der Waals surface area contributed by atoms with Gasteiger partial charge in [0.15, 0.2) is 9.84 Å². The van der Waals surface area contributed by atoms with Gasteiger partial charge in [-0.05, 0) is 26.3 Å². The summed E-state index contributed by atoms with van der Waals surface area (Å²) in [7, 11) is -3.06. The Morgan fingerprint density at radius 2 is 2.00 bits per heavy atom. The Hall–Kier alpha value is -1.07. The van der Waals surface area contributed by atoms with Crippen LogP contribution < -0.4 is 10.5 Å². The normalized spacial score (nSPS) is 11.8. The molecule has 0 saturated heterocycles. The number of benzene rings is 1. The summed E-state index contributed by atoms with van der Waals surface area (Å²) in [6.07, 6.45) is 0. The Kier molecular flexibility index (Phi) is 5.16. The minimum absolute atomic E-state index is 0.0308. The third-order valence-electron chi connectivity index (χ3n) is 2.85. The van der Waals surface area contributed by atoms with Crippen LogP contribution in [-0.4, -0.2) is 26.0 Å². The zero-order valence-electron chi connectivity index (χ0n) is 11.1. The summed E-state index contributed by atoms with van der Waals surface area (Å²) in [5, 5.41) is -0.369. The van der Waals surface area contributed by atoms with Gasteiger partial charge in [-0.25, -0.2) is 8.42 Å². The molecule has 2 N–H and O–H groups in total. The lowest BCUT2D eigenvalue weighted by atomic mass is 10.1. The van der Waals surface area contributed by atoms with E-state index >= 15 is 0 Å². The van der Waals surface area contributed by atoms with Crippen LogP contribution in [0.15, 0.2) is 18.2 Å². The minimum atomic E-state index is -3.06. The molecule has 0 saturated carbocycles. The lowest BCUT2D eigenvalue weighted by Gasteiger charge is -2.14. The standard InChI is InChI=1S/C13H21NO3S/c1-10(2)18(15,16)8-7-17-13-11(3)5-4-6-12(13)9-14/h4-6,10H,7-9,14H2,1-3H3. The first kappa shape index (κ1) is 15.0. The van der Waals surface area contributed by atoms with Gasteiger partial charge < -0.3 is 10.5 Å². The molecule has 0 unspecified atom stereocenters. The van der Waals surface area contributed by atoms with E-state index in [4.69, 9.17) is 10.5 Å². The van der Waals surface area contributed by atoms with E-state index in [0.29, 0.717) is 12.3 Å². The lowest BCUT2D eigenvalue weighted by molar-refractivity contribution is 0.334. The van der Waals surface area contributed by atoms with Gasteiger partial charge in [0.05, 0.1) is 11.0 Å². The zero-order chi connectivity index (χ0) is 13.8. The molecule has 0 fully saturated rings. The molecule has 5 heteroatoms. The van der Waals surface area contributed by atoms with Crippen molar-refractivity contribution in [3.63, 3.8) is 0 Å². The summed E-state index contributed by atoms with van der Waals surface area (Å²) in [6, 6.07) is 5.72. The Morgan fingerprint density at radius 1 is 1.33 bits per heavy atom. The maximum Gasteiger partial charge on any atom is 0.155 e. The fraction of sp³-hybridized carbons (Fsp3) is 0.538. The van der Waals surface area contributed by atoms with Gasteiger partial charge in [-0.2, -0.15) is 0 Å². The van der Waals surface area contributed by atoms with E-state index in [2.05, 4.69) is 0 Å². The van der Waals surface area contributed by atoms with Crippen molar-refractivity contribution in [3.8, 4) is 5.75 Å². The van der Waals surface area contributed by atoms with Gasteiger partial charge in [0.25, 0.3) is 0 Å². The molecule has 18 heavy (non-hydrogen) atoms. The van der Waals surface area contributed by atoms with Crippen LogP contribution in [0.2, 0.25) is 0 Å². The van der Waals surface area contributed by atoms with E-state index in [1.807, 2.05) is 25.1 Å².